The highest BCUT2D eigenvalue weighted by Crippen LogP contribution is 2.17. The van der Waals surface area contributed by atoms with Gasteiger partial charge in [-0.05, 0) is 42.9 Å². The second-order valence-electron chi connectivity index (χ2n) is 5.37. The summed E-state index contributed by atoms with van der Waals surface area (Å²) in [6, 6.07) is 7.42. The van der Waals surface area contributed by atoms with Gasteiger partial charge in [-0.15, -0.1) is 12.4 Å². The maximum Gasteiger partial charge on any atom is 0.237 e. The molecule has 1 fully saturated rings. The third kappa shape index (κ3) is 5.48. The zero-order chi connectivity index (χ0) is 15.1. The van der Waals surface area contributed by atoms with E-state index >= 15 is 0 Å². The van der Waals surface area contributed by atoms with Crippen LogP contribution in [0.25, 0.3) is 0 Å². The molecule has 1 aromatic carbocycles. The molecule has 6 heteroatoms. The van der Waals surface area contributed by atoms with Crippen molar-refractivity contribution in [3.05, 3.63) is 29.8 Å². The zero-order valence-electron chi connectivity index (χ0n) is 12.9. The number of rotatable bonds is 6. The second-order valence-corrected chi connectivity index (χ2v) is 5.37. The Hall–Kier alpha value is -1.30. The topological polar surface area (TPSA) is 73.6 Å². The Morgan fingerprint density at radius 2 is 2.18 bits per heavy atom. The number of carbonyl (C=O) groups excluding carboxylic acids is 1. The molecule has 1 aliphatic rings. The van der Waals surface area contributed by atoms with Gasteiger partial charge in [-0.2, -0.15) is 0 Å². The van der Waals surface area contributed by atoms with Crippen LogP contribution in [-0.4, -0.2) is 38.8 Å². The van der Waals surface area contributed by atoms with Crippen LogP contribution in [0.3, 0.4) is 0 Å². The lowest BCUT2D eigenvalue weighted by molar-refractivity contribution is -0.124. The molecule has 1 aromatic rings. The molecule has 0 bridgehead atoms. The van der Waals surface area contributed by atoms with E-state index in [-0.39, 0.29) is 24.2 Å². The molecule has 2 rings (SSSR count). The molecule has 0 aromatic heterocycles. The molecule has 3 N–H and O–H groups in total. The average molecular weight is 329 g/mol. The Morgan fingerprint density at radius 3 is 2.86 bits per heavy atom. The van der Waals surface area contributed by atoms with Gasteiger partial charge >= 0.3 is 0 Å². The second kappa shape index (κ2) is 9.66. The number of hydrogen-bond donors (Lipinski definition) is 2. The van der Waals surface area contributed by atoms with Gasteiger partial charge in [-0.3, -0.25) is 4.79 Å². The first-order valence-electron chi connectivity index (χ1n) is 7.44. The minimum Gasteiger partial charge on any atom is -0.497 e. The number of hydrogen-bond acceptors (Lipinski definition) is 4. The summed E-state index contributed by atoms with van der Waals surface area (Å²) in [6.45, 7) is 1.99. The van der Waals surface area contributed by atoms with Crippen molar-refractivity contribution >= 4 is 18.3 Å². The van der Waals surface area contributed by atoms with Crippen molar-refractivity contribution in [2.24, 2.45) is 11.7 Å². The minimum atomic E-state index is -0.431. The average Bonchev–Trinajstić information content (AvgIpc) is 2.55. The van der Waals surface area contributed by atoms with Crippen LogP contribution < -0.4 is 15.8 Å². The van der Waals surface area contributed by atoms with Crippen LogP contribution in [0.4, 0.5) is 0 Å². The van der Waals surface area contributed by atoms with Crippen molar-refractivity contribution in [3.63, 3.8) is 0 Å². The Labute approximate surface area is 138 Å². The van der Waals surface area contributed by atoms with Gasteiger partial charge in [0.15, 0.2) is 0 Å². The van der Waals surface area contributed by atoms with Crippen LogP contribution in [0.5, 0.6) is 5.75 Å². The van der Waals surface area contributed by atoms with E-state index in [1.54, 1.807) is 7.11 Å². The molecule has 1 atom stereocenters. The van der Waals surface area contributed by atoms with Gasteiger partial charge in [-0.25, -0.2) is 0 Å². The molecule has 0 aliphatic carbocycles. The molecule has 1 saturated heterocycles. The van der Waals surface area contributed by atoms with Crippen LogP contribution in [0.15, 0.2) is 24.3 Å². The normalized spacial score (nSPS) is 16.5. The lowest BCUT2D eigenvalue weighted by atomic mass is 9.92. The summed E-state index contributed by atoms with van der Waals surface area (Å²) in [4.78, 5) is 12.1. The van der Waals surface area contributed by atoms with E-state index in [9.17, 15) is 4.79 Å². The van der Waals surface area contributed by atoms with E-state index in [1.807, 2.05) is 24.3 Å². The van der Waals surface area contributed by atoms with Crippen LogP contribution in [-0.2, 0) is 16.0 Å². The minimum absolute atomic E-state index is 0. The predicted molar refractivity (Wildman–Crippen MR) is 88.5 cm³/mol. The summed E-state index contributed by atoms with van der Waals surface area (Å²) in [5.74, 6) is 0.998. The van der Waals surface area contributed by atoms with Crippen molar-refractivity contribution in [3.8, 4) is 5.75 Å². The fourth-order valence-corrected chi connectivity index (χ4v) is 2.56. The highest BCUT2D eigenvalue weighted by atomic mass is 35.5. The van der Waals surface area contributed by atoms with Crippen molar-refractivity contribution in [2.75, 3.05) is 26.9 Å². The molecule has 0 saturated carbocycles. The van der Waals surface area contributed by atoms with Crippen LogP contribution in [0.1, 0.15) is 18.4 Å². The van der Waals surface area contributed by atoms with Crippen molar-refractivity contribution < 1.29 is 14.3 Å². The predicted octanol–water partition coefficient (Wildman–Crippen LogP) is 1.53. The maximum absolute atomic E-state index is 12.1. The fourth-order valence-electron chi connectivity index (χ4n) is 2.56. The summed E-state index contributed by atoms with van der Waals surface area (Å²) in [7, 11) is 1.65. The third-order valence-electron chi connectivity index (χ3n) is 3.92. The number of amides is 1. The monoisotopic (exact) mass is 328 g/mol. The smallest absolute Gasteiger partial charge is 0.237 e. The Bertz CT molecular complexity index is 464. The highest BCUT2D eigenvalue weighted by molar-refractivity contribution is 5.85. The highest BCUT2D eigenvalue weighted by Gasteiger charge is 2.26. The largest absolute Gasteiger partial charge is 0.497 e. The first kappa shape index (κ1) is 18.7. The zero-order valence-corrected chi connectivity index (χ0v) is 13.7. The SMILES string of the molecule is COc1cccc(CCNC(=O)C(N)C2CCOCC2)c1.Cl. The van der Waals surface area contributed by atoms with Gasteiger partial charge in [0, 0.05) is 19.8 Å². The van der Waals surface area contributed by atoms with E-state index in [4.69, 9.17) is 15.2 Å². The molecular weight excluding hydrogens is 304 g/mol. The van der Waals surface area contributed by atoms with Gasteiger partial charge in [0.2, 0.25) is 5.91 Å². The molecule has 1 heterocycles. The van der Waals surface area contributed by atoms with Crippen LogP contribution in [0, 0.1) is 5.92 Å². The number of halogens is 1. The van der Waals surface area contributed by atoms with Gasteiger partial charge in [0.1, 0.15) is 5.75 Å². The number of methoxy groups -OCH3 is 1. The maximum atomic E-state index is 12.1. The van der Waals surface area contributed by atoms with Crippen LogP contribution in [0.2, 0.25) is 0 Å². The number of benzene rings is 1. The van der Waals surface area contributed by atoms with E-state index in [2.05, 4.69) is 5.32 Å². The van der Waals surface area contributed by atoms with Crippen LogP contribution >= 0.6 is 12.4 Å². The molecule has 0 radical (unpaired) electrons. The van der Waals surface area contributed by atoms with E-state index in [0.29, 0.717) is 19.8 Å². The summed E-state index contributed by atoms with van der Waals surface area (Å²) >= 11 is 0. The summed E-state index contributed by atoms with van der Waals surface area (Å²) < 4.78 is 10.5. The van der Waals surface area contributed by atoms with Gasteiger partial charge in [0.05, 0.1) is 13.2 Å². The summed E-state index contributed by atoms with van der Waals surface area (Å²) in [6.07, 6.45) is 2.50. The first-order valence-corrected chi connectivity index (χ1v) is 7.44. The van der Waals surface area contributed by atoms with Gasteiger partial charge in [0.25, 0.3) is 0 Å². The van der Waals surface area contributed by atoms with Gasteiger partial charge < -0.3 is 20.5 Å². The molecule has 5 nitrogen and oxygen atoms in total. The Kier molecular flexibility index (Phi) is 8.24. The number of nitrogens with two attached hydrogens (primary N) is 1. The lowest BCUT2D eigenvalue weighted by Gasteiger charge is -2.26. The fraction of sp³-hybridized carbons (Fsp3) is 0.562. The Balaban J connectivity index is 0.00000242. The number of nitrogens with one attached hydrogen (secondary N) is 1. The molecular formula is C16H25ClN2O3. The molecule has 22 heavy (non-hydrogen) atoms. The van der Waals surface area contributed by atoms with Crippen molar-refractivity contribution in [1.29, 1.82) is 0 Å². The van der Waals surface area contributed by atoms with Crippen molar-refractivity contribution in [2.45, 2.75) is 25.3 Å². The summed E-state index contributed by atoms with van der Waals surface area (Å²) in [5.41, 5.74) is 7.16. The molecule has 1 aliphatic heterocycles. The van der Waals surface area contributed by atoms with E-state index in [1.165, 1.54) is 0 Å². The molecule has 0 spiro atoms. The standard InChI is InChI=1S/C16H24N2O3.ClH/c1-20-14-4-2-3-12(11-14)5-8-18-16(19)15(17)13-6-9-21-10-7-13;/h2-4,11,13,15H,5-10,17H2,1H3,(H,18,19);1H. The molecule has 124 valence electrons. The van der Waals surface area contributed by atoms with E-state index in [0.717, 1.165) is 30.6 Å². The number of carbonyl (C=O) groups is 1. The van der Waals surface area contributed by atoms with Gasteiger partial charge in [-0.1, -0.05) is 12.1 Å². The molecule has 1 unspecified atom stereocenters. The lowest BCUT2D eigenvalue weighted by Crippen LogP contribution is -2.47. The van der Waals surface area contributed by atoms with Crippen molar-refractivity contribution in [1.82, 2.24) is 5.32 Å². The number of ether oxygens (including phenoxy) is 2. The Morgan fingerprint density at radius 1 is 1.45 bits per heavy atom. The quantitative estimate of drug-likeness (QED) is 0.830. The van der Waals surface area contributed by atoms with E-state index < -0.39 is 6.04 Å². The summed E-state index contributed by atoms with van der Waals surface area (Å²) in [5, 5.41) is 2.92. The molecule has 1 amide bonds. The first-order chi connectivity index (χ1) is 10.2. The third-order valence-corrected chi connectivity index (χ3v) is 3.92.